The van der Waals surface area contributed by atoms with Crippen LogP contribution in [0.1, 0.15) is 15.9 Å². The second-order valence-corrected chi connectivity index (χ2v) is 6.43. The minimum absolute atomic E-state index is 0.128. The Kier molecular flexibility index (Phi) is 7.17. The number of carbonyl (C=O) groups is 1. The van der Waals surface area contributed by atoms with Crippen molar-refractivity contribution in [3.8, 4) is 17.2 Å². The number of para-hydroxylation sites is 1. The summed E-state index contributed by atoms with van der Waals surface area (Å²) in [5.74, 6) is -0.239. The molecule has 0 bridgehead atoms. The van der Waals surface area contributed by atoms with Gasteiger partial charge in [-0.05, 0) is 12.1 Å². The summed E-state index contributed by atoms with van der Waals surface area (Å²) >= 11 is 0. The van der Waals surface area contributed by atoms with Crippen molar-refractivity contribution in [1.82, 2.24) is 15.1 Å². The lowest BCUT2D eigenvalue weighted by Crippen LogP contribution is -2.23. The van der Waals surface area contributed by atoms with Crippen molar-refractivity contribution < 1.29 is 23.9 Å². The summed E-state index contributed by atoms with van der Waals surface area (Å²) in [5, 5.41) is 18.5. The fraction of sp³-hybridized carbons (Fsp3) is 0.238. The molecule has 31 heavy (non-hydrogen) atoms. The molecular formula is C21H22N4O6. The molecule has 1 amide bonds. The fourth-order valence-corrected chi connectivity index (χ4v) is 2.84. The topological polar surface area (TPSA) is 118 Å². The molecule has 0 aliphatic carbocycles. The zero-order valence-corrected chi connectivity index (χ0v) is 17.1. The van der Waals surface area contributed by atoms with E-state index < -0.39 is 10.8 Å². The highest BCUT2D eigenvalue weighted by molar-refractivity contribution is 5.99. The molecule has 10 nitrogen and oxygen atoms in total. The molecule has 0 fully saturated rings. The van der Waals surface area contributed by atoms with E-state index in [1.165, 1.54) is 26.4 Å². The average Bonchev–Trinajstić information content (AvgIpc) is 3.27. The van der Waals surface area contributed by atoms with Gasteiger partial charge in [0.2, 0.25) is 0 Å². The van der Waals surface area contributed by atoms with Crippen LogP contribution in [-0.4, -0.2) is 48.0 Å². The molecule has 0 aliphatic heterocycles. The van der Waals surface area contributed by atoms with Gasteiger partial charge in [0.25, 0.3) is 11.6 Å². The highest BCUT2D eigenvalue weighted by atomic mass is 16.6. The first-order valence-corrected chi connectivity index (χ1v) is 9.38. The Morgan fingerprint density at radius 1 is 1.16 bits per heavy atom. The third-order valence-corrected chi connectivity index (χ3v) is 4.38. The monoisotopic (exact) mass is 426 g/mol. The third kappa shape index (κ3) is 5.37. The molecular weight excluding hydrogens is 404 g/mol. The first-order chi connectivity index (χ1) is 15.0. The van der Waals surface area contributed by atoms with E-state index in [0.717, 1.165) is 11.3 Å². The first-order valence-electron chi connectivity index (χ1n) is 9.38. The highest BCUT2D eigenvalue weighted by Crippen LogP contribution is 2.34. The van der Waals surface area contributed by atoms with Gasteiger partial charge in [-0.15, -0.1) is 0 Å². The molecule has 0 spiro atoms. The van der Waals surface area contributed by atoms with Crippen LogP contribution in [0.5, 0.6) is 11.5 Å². The molecule has 2 aromatic carbocycles. The van der Waals surface area contributed by atoms with Crippen LogP contribution in [0.15, 0.2) is 54.9 Å². The van der Waals surface area contributed by atoms with Crippen molar-refractivity contribution in [3.63, 3.8) is 0 Å². The van der Waals surface area contributed by atoms with Crippen molar-refractivity contribution >= 4 is 11.6 Å². The standard InChI is InChI=1S/C21H22N4O6/c1-29-8-9-31-20-11-18(25(27)28)17(10-19(20)30-2)21(26)22-12-15-13-23-24(14-15)16-6-4-3-5-7-16/h3-7,10-11,13-14H,8-9,12H2,1-2H3,(H,22,26). The van der Waals surface area contributed by atoms with Crippen LogP contribution in [0.25, 0.3) is 5.69 Å². The maximum Gasteiger partial charge on any atom is 0.286 e. The third-order valence-electron chi connectivity index (χ3n) is 4.38. The number of methoxy groups -OCH3 is 2. The molecule has 162 valence electrons. The fourth-order valence-electron chi connectivity index (χ4n) is 2.84. The average molecular weight is 426 g/mol. The number of benzene rings is 2. The van der Waals surface area contributed by atoms with E-state index in [1.54, 1.807) is 17.1 Å². The van der Waals surface area contributed by atoms with Crippen LogP contribution in [0.3, 0.4) is 0 Å². The minimum Gasteiger partial charge on any atom is -0.493 e. The van der Waals surface area contributed by atoms with E-state index in [2.05, 4.69) is 10.4 Å². The Bertz CT molecular complexity index is 1050. The molecule has 1 N–H and O–H groups in total. The van der Waals surface area contributed by atoms with Gasteiger partial charge < -0.3 is 19.5 Å². The lowest BCUT2D eigenvalue weighted by molar-refractivity contribution is -0.385. The number of ether oxygens (including phenoxy) is 3. The van der Waals surface area contributed by atoms with Crippen LogP contribution in [0, 0.1) is 10.1 Å². The van der Waals surface area contributed by atoms with Gasteiger partial charge in [0.15, 0.2) is 11.5 Å². The number of amides is 1. The predicted octanol–water partition coefficient (Wildman–Crippen LogP) is 2.74. The molecule has 0 radical (unpaired) electrons. The molecule has 0 atom stereocenters. The molecule has 3 rings (SSSR count). The number of hydrogen-bond acceptors (Lipinski definition) is 7. The van der Waals surface area contributed by atoms with Crippen LogP contribution in [0.2, 0.25) is 0 Å². The first kappa shape index (κ1) is 21.8. The van der Waals surface area contributed by atoms with Crippen LogP contribution in [0.4, 0.5) is 5.69 Å². The molecule has 0 saturated heterocycles. The van der Waals surface area contributed by atoms with E-state index >= 15 is 0 Å². The Morgan fingerprint density at radius 2 is 1.94 bits per heavy atom. The van der Waals surface area contributed by atoms with E-state index in [1.807, 2.05) is 30.3 Å². The summed E-state index contributed by atoms with van der Waals surface area (Å²) < 4.78 is 17.3. The Labute approximate surface area is 178 Å². The quantitative estimate of drug-likeness (QED) is 0.301. The van der Waals surface area contributed by atoms with Gasteiger partial charge in [-0.3, -0.25) is 14.9 Å². The minimum atomic E-state index is -0.634. The second-order valence-electron chi connectivity index (χ2n) is 6.43. The van der Waals surface area contributed by atoms with E-state index in [-0.39, 0.29) is 35.9 Å². The van der Waals surface area contributed by atoms with Gasteiger partial charge in [0, 0.05) is 31.5 Å². The second kappa shape index (κ2) is 10.2. The van der Waals surface area contributed by atoms with Gasteiger partial charge in [-0.2, -0.15) is 5.10 Å². The number of nitro groups is 1. The predicted molar refractivity (Wildman–Crippen MR) is 112 cm³/mol. The number of rotatable bonds is 10. The molecule has 1 aromatic heterocycles. The molecule has 0 saturated carbocycles. The summed E-state index contributed by atoms with van der Waals surface area (Å²) in [7, 11) is 2.91. The maximum atomic E-state index is 12.7. The van der Waals surface area contributed by atoms with Crippen molar-refractivity contribution in [1.29, 1.82) is 0 Å². The number of aromatic nitrogens is 2. The summed E-state index contributed by atoms with van der Waals surface area (Å²) in [6, 6.07) is 12.0. The van der Waals surface area contributed by atoms with Crippen LogP contribution in [-0.2, 0) is 11.3 Å². The van der Waals surface area contributed by atoms with Crippen molar-refractivity contribution in [3.05, 3.63) is 76.1 Å². The van der Waals surface area contributed by atoms with Crippen molar-refractivity contribution in [2.24, 2.45) is 0 Å². The van der Waals surface area contributed by atoms with Crippen molar-refractivity contribution in [2.45, 2.75) is 6.54 Å². The summed E-state index contributed by atoms with van der Waals surface area (Å²) in [6.45, 7) is 0.633. The zero-order chi connectivity index (χ0) is 22.2. The van der Waals surface area contributed by atoms with E-state index in [4.69, 9.17) is 14.2 Å². The molecule has 0 unspecified atom stereocenters. The Hall–Kier alpha value is -3.92. The van der Waals surface area contributed by atoms with E-state index in [9.17, 15) is 14.9 Å². The number of nitrogens with zero attached hydrogens (tertiary/aromatic N) is 3. The summed E-state index contributed by atoms with van der Waals surface area (Å²) in [5.41, 5.74) is 1.11. The van der Waals surface area contributed by atoms with Gasteiger partial charge in [-0.1, -0.05) is 18.2 Å². The van der Waals surface area contributed by atoms with Crippen molar-refractivity contribution in [2.75, 3.05) is 27.4 Å². The van der Waals surface area contributed by atoms with Gasteiger partial charge in [-0.25, -0.2) is 4.68 Å². The summed E-state index contributed by atoms with van der Waals surface area (Å²) in [6.07, 6.45) is 3.40. The van der Waals surface area contributed by atoms with Gasteiger partial charge in [0.1, 0.15) is 12.2 Å². The SMILES string of the molecule is COCCOc1cc([N+](=O)[O-])c(C(=O)NCc2cnn(-c3ccccc3)c2)cc1OC. The summed E-state index contributed by atoms with van der Waals surface area (Å²) in [4.78, 5) is 23.6. The van der Waals surface area contributed by atoms with E-state index in [0.29, 0.717) is 6.61 Å². The Balaban J connectivity index is 1.76. The van der Waals surface area contributed by atoms with Gasteiger partial charge >= 0.3 is 0 Å². The highest BCUT2D eigenvalue weighted by Gasteiger charge is 2.24. The number of carbonyl (C=O) groups excluding carboxylic acids is 1. The Morgan fingerprint density at radius 3 is 2.61 bits per heavy atom. The van der Waals surface area contributed by atoms with Crippen LogP contribution >= 0.6 is 0 Å². The molecule has 0 aliphatic rings. The lowest BCUT2D eigenvalue weighted by Gasteiger charge is -2.12. The van der Waals surface area contributed by atoms with Crippen LogP contribution < -0.4 is 14.8 Å². The molecule has 10 heteroatoms. The largest absolute Gasteiger partial charge is 0.493 e. The molecule has 1 heterocycles. The number of hydrogen-bond donors (Lipinski definition) is 1. The zero-order valence-electron chi connectivity index (χ0n) is 17.1. The normalized spacial score (nSPS) is 10.5. The maximum absolute atomic E-state index is 12.7. The number of nitro benzene ring substituents is 1. The number of nitrogens with one attached hydrogen (secondary N) is 1. The lowest BCUT2D eigenvalue weighted by atomic mass is 10.1. The molecule has 3 aromatic rings. The smallest absolute Gasteiger partial charge is 0.286 e. The van der Waals surface area contributed by atoms with Gasteiger partial charge in [0.05, 0.1) is 36.6 Å².